The number of carbonyl (C=O) groups is 1. The van der Waals surface area contributed by atoms with Crippen LogP contribution in [0.15, 0.2) is 18.3 Å². The Kier molecular flexibility index (Phi) is 5.63. The van der Waals surface area contributed by atoms with Gasteiger partial charge in [-0.1, -0.05) is 6.92 Å². The number of nitrogens with one attached hydrogen (secondary N) is 1. The lowest BCUT2D eigenvalue weighted by Crippen LogP contribution is -2.52. The molecule has 4 aliphatic rings. The summed E-state index contributed by atoms with van der Waals surface area (Å²) in [5.74, 6) is 3.75. The number of hydrogen-bond donors (Lipinski definition) is 2. The lowest BCUT2D eigenvalue weighted by Gasteiger charge is -2.57. The minimum Gasteiger partial charge on any atom is -0.390 e. The van der Waals surface area contributed by atoms with Gasteiger partial charge in [0, 0.05) is 6.04 Å². The molecule has 0 aliphatic heterocycles. The Labute approximate surface area is 191 Å². The van der Waals surface area contributed by atoms with Gasteiger partial charge >= 0.3 is 0 Å². The quantitative estimate of drug-likeness (QED) is 0.662. The van der Waals surface area contributed by atoms with Crippen LogP contribution in [0.25, 0.3) is 0 Å². The van der Waals surface area contributed by atoms with Gasteiger partial charge in [0.15, 0.2) is 0 Å². The molecule has 176 valence electrons. The van der Waals surface area contributed by atoms with Gasteiger partial charge in [-0.3, -0.25) is 4.79 Å². The summed E-state index contributed by atoms with van der Waals surface area (Å²) >= 11 is 0. The van der Waals surface area contributed by atoms with Crippen molar-refractivity contribution in [2.75, 3.05) is 0 Å². The molecule has 0 saturated heterocycles. The van der Waals surface area contributed by atoms with E-state index in [9.17, 15) is 14.3 Å². The van der Waals surface area contributed by atoms with E-state index in [0.29, 0.717) is 11.8 Å². The van der Waals surface area contributed by atoms with Gasteiger partial charge < -0.3 is 10.4 Å². The standard InChI is InChI=1S/C27H39FN2O2/c1-16(30-25(31)24-9-5-18(28)15-29-24)22-7-8-23-21-6-4-17-14-26(2,32)12-10-19(17)20(21)11-13-27(22,23)3/h5,9,15-17,19-23,32H,4,6-8,10-14H2,1-3H3,(H,30,31)/t16-,17-,19+,20-,21-,22-,23+,26-,27-/m1/s1. The maximum atomic E-state index is 13.2. The molecule has 4 nitrogen and oxygen atoms in total. The molecule has 0 spiro atoms. The zero-order chi connectivity index (χ0) is 22.7. The van der Waals surface area contributed by atoms with Crippen LogP contribution in [0.2, 0.25) is 0 Å². The van der Waals surface area contributed by atoms with Gasteiger partial charge in [0.25, 0.3) is 5.91 Å². The Bertz CT molecular complexity index is 856. The van der Waals surface area contributed by atoms with E-state index in [2.05, 4.69) is 24.1 Å². The van der Waals surface area contributed by atoms with E-state index in [1.165, 1.54) is 57.1 Å². The molecule has 1 aromatic heterocycles. The van der Waals surface area contributed by atoms with Crippen molar-refractivity contribution in [2.45, 2.75) is 90.2 Å². The topological polar surface area (TPSA) is 62.2 Å². The molecule has 4 saturated carbocycles. The second-order valence-electron chi connectivity index (χ2n) is 12.0. The molecule has 9 atom stereocenters. The second-order valence-corrected chi connectivity index (χ2v) is 12.0. The highest BCUT2D eigenvalue weighted by atomic mass is 19.1. The molecular weight excluding hydrogens is 403 g/mol. The maximum Gasteiger partial charge on any atom is 0.270 e. The molecule has 4 aliphatic carbocycles. The first-order valence-corrected chi connectivity index (χ1v) is 12.8. The fourth-order valence-corrected chi connectivity index (χ4v) is 8.83. The zero-order valence-electron chi connectivity index (χ0n) is 19.8. The molecule has 1 amide bonds. The number of aromatic nitrogens is 1. The fraction of sp³-hybridized carbons (Fsp3) is 0.778. The molecule has 5 heteroatoms. The number of carbonyl (C=O) groups excluding carboxylic acids is 1. The Hall–Kier alpha value is -1.49. The van der Waals surface area contributed by atoms with Gasteiger partial charge in [-0.15, -0.1) is 0 Å². The highest BCUT2D eigenvalue weighted by Crippen LogP contribution is 2.65. The molecule has 0 radical (unpaired) electrons. The summed E-state index contributed by atoms with van der Waals surface area (Å²) in [7, 11) is 0. The van der Waals surface area contributed by atoms with E-state index < -0.39 is 11.4 Å². The minimum atomic E-state index is -0.456. The first-order valence-electron chi connectivity index (χ1n) is 12.8. The fourth-order valence-electron chi connectivity index (χ4n) is 8.83. The third kappa shape index (κ3) is 3.78. The smallest absolute Gasteiger partial charge is 0.270 e. The molecule has 0 unspecified atom stereocenters. The lowest BCUT2D eigenvalue weighted by atomic mass is 9.49. The van der Waals surface area contributed by atoms with Crippen LogP contribution >= 0.6 is 0 Å². The molecule has 5 rings (SSSR count). The number of halogens is 1. The van der Waals surface area contributed by atoms with Crippen molar-refractivity contribution in [1.82, 2.24) is 10.3 Å². The number of fused-ring (bicyclic) bond motifs is 5. The number of rotatable bonds is 3. The highest BCUT2D eigenvalue weighted by molar-refractivity contribution is 5.92. The molecule has 4 fully saturated rings. The average molecular weight is 443 g/mol. The molecule has 1 aromatic rings. The first kappa shape index (κ1) is 22.3. The van der Waals surface area contributed by atoms with Crippen molar-refractivity contribution in [1.29, 1.82) is 0 Å². The third-order valence-electron chi connectivity index (χ3n) is 10.2. The van der Waals surface area contributed by atoms with Crippen LogP contribution < -0.4 is 5.32 Å². The summed E-state index contributed by atoms with van der Waals surface area (Å²) in [6, 6.07) is 2.84. The minimum absolute atomic E-state index is 0.0852. The third-order valence-corrected chi connectivity index (χ3v) is 10.2. The van der Waals surface area contributed by atoms with Crippen molar-refractivity contribution >= 4 is 5.91 Å². The zero-order valence-corrected chi connectivity index (χ0v) is 19.8. The number of nitrogens with zero attached hydrogens (tertiary/aromatic N) is 1. The van der Waals surface area contributed by atoms with E-state index in [4.69, 9.17) is 0 Å². The van der Waals surface area contributed by atoms with E-state index >= 15 is 0 Å². The second kappa shape index (κ2) is 8.07. The molecule has 0 aromatic carbocycles. The van der Waals surface area contributed by atoms with Crippen LogP contribution in [0.4, 0.5) is 4.39 Å². The van der Waals surface area contributed by atoms with Gasteiger partial charge in [-0.2, -0.15) is 0 Å². The Morgan fingerprint density at radius 2 is 1.88 bits per heavy atom. The summed E-state index contributed by atoms with van der Waals surface area (Å²) in [4.78, 5) is 16.7. The number of hydrogen-bond acceptors (Lipinski definition) is 3. The Morgan fingerprint density at radius 3 is 2.62 bits per heavy atom. The molecule has 32 heavy (non-hydrogen) atoms. The van der Waals surface area contributed by atoms with E-state index in [0.717, 1.165) is 42.7 Å². The molecular formula is C27H39FN2O2. The van der Waals surface area contributed by atoms with Crippen LogP contribution in [0.3, 0.4) is 0 Å². The summed E-state index contributed by atoms with van der Waals surface area (Å²) < 4.78 is 13.2. The van der Waals surface area contributed by atoms with E-state index in [1.807, 2.05) is 6.92 Å². The number of pyridine rings is 1. The van der Waals surface area contributed by atoms with Crippen molar-refractivity contribution in [2.24, 2.45) is 40.9 Å². The normalized spacial score (nSPS) is 44.2. The maximum absolute atomic E-state index is 13.2. The molecule has 2 N–H and O–H groups in total. The van der Waals surface area contributed by atoms with Crippen LogP contribution in [-0.4, -0.2) is 27.6 Å². The number of amides is 1. The van der Waals surface area contributed by atoms with E-state index in [1.54, 1.807) is 0 Å². The summed E-state index contributed by atoms with van der Waals surface area (Å²) in [5, 5.41) is 13.8. The van der Waals surface area contributed by atoms with Gasteiger partial charge in [-0.05, 0) is 125 Å². The average Bonchev–Trinajstić information content (AvgIpc) is 3.10. The highest BCUT2D eigenvalue weighted by Gasteiger charge is 2.58. The van der Waals surface area contributed by atoms with Gasteiger partial charge in [-0.25, -0.2) is 9.37 Å². The first-order chi connectivity index (χ1) is 15.2. The lowest BCUT2D eigenvalue weighted by molar-refractivity contribution is -0.101. The Morgan fingerprint density at radius 1 is 1.09 bits per heavy atom. The van der Waals surface area contributed by atoms with Crippen molar-refractivity contribution in [3.05, 3.63) is 29.8 Å². The van der Waals surface area contributed by atoms with Crippen LogP contribution in [-0.2, 0) is 0 Å². The molecule has 1 heterocycles. The summed E-state index contributed by atoms with van der Waals surface area (Å²) in [6.07, 6.45) is 11.8. The summed E-state index contributed by atoms with van der Waals surface area (Å²) in [6.45, 7) is 6.67. The number of aliphatic hydroxyl groups is 1. The van der Waals surface area contributed by atoms with Crippen LogP contribution in [0.5, 0.6) is 0 Å². The monoisotopic (exact) mass is 442 g/mol. The SMILES string of the molecule is C[C@@H](NC(=O)c1ccc(F)cn1)[C@H]1CC[C@H]2[C@@H]3CC[C@@H]4C[C@](C)(O)CC[C@@H]4[C@H]3CC[C@]12C. The van der Waals surface area contributed by atoms with Crippen LogP contribution in [0, 0.1) is 46.7 Å². The van der Waals surface area contributed by atoms with Gasteiger partial charge in [0.1, 0.15) is 11.5 Å². The molecule has 0 bridgehead atoms. The van der Waals surface area contributed by atoms with Gasteiger partial charge in [0.05, 0.1) is 11.8 Å². The van der Waals surface area contributed by atoms with Crippen molar-refractivity contribution in [3.63, 3.8) is 0 Å². The summed E-state index contributed by atoms with van der Waals surface area (Å²) in [5.41, 5.74) is 0.105. The van der Waals surface area contributed by atoms with E-state index in [-0.39, 0.29) is 23.1 Å². The predicted molar refractivity (Wildman–Crippen MR) is 122 cm³/mol. The Balaban J connectivity index is 1.27. The predicted octanol–water partition coefficient (Wildman–Crippen LogP) is 5.36. The van der Waals surface area contributed by atoms with Crippen LogP contribution in [0.1, 0.15) is 89.0 Å². The van der Waals surface area contributed by atoms with Crippen molar-refractivity contribution in [3.8, 4) is 0 Å². The van der Waals surface area contributed by atoms with Crippen molar-refractivity contribution < 1.29 is 14.3 Å². The largest absolute Gasteiger partial charge is 0.390 e. The van der Waals surface area contributed by atoms with Gasteiger partial charge in [0.2, 0.25) is 0 Å².